The van der Waals surface area contributed by atoms with E-state index in [9.17, 15) is 9.59 Å². The van der Waals surface area contributed by atoms with E-state index in [0.717, 1.165) is 5.69 Å². The molecule has 0 saturated heterocycles. The average Bonchev–Trinajstić information content (AvgIpc) is 3.18. The van der Waals surface area contributed by atoms with Crippen LogP contribution in [0.2, 0.25) is 5.02 Å². The van der Waals surface area contributed by atoms with Crippen LogP contribution in [-0.4, -0.2) is 21.7 Å². The molecule has 0 unspecified atom stereocenters. The molecule has 1 aromatic heterocycles. The number of carbonyl (C=O) groups is 2. The SMILES string of the molecule is Cc1c(C(=O)Nc2ccc(NC(=O)Nc3ccccc3)cc2)cnn1-c1ccc(Cl)cc1. The van der Waals surface area contributed by atoms with Crippen LogP contribution in [0.5, 0.6) is 0 Å². The molecule has 4 rings (SSSR count). The van der Waals surface area contributed by atoms with Gasteiger partial charge in [-0.3, -0.25) is 4.79 Å². The zero-order valence-corrected chi connectivity index (χ0v) is 17.9. The first-order chi connectivity index (χ1) is 15.5. The molecule has 3 amide bonds. The first-order valence-electron chi connectivity index (χ1n) is 9.84. The van der Waals surface area contributed by atoms with Crippen molar-refractivity contribution in [2.45, 2.75) is 6.92 Å². The third-order valence-electron chi connectivity index (χ3n) is 4.76. The fraction of sp³-hybridized carbons (Fsp3) is 0.0417. The molecule has 8 heteroatoms. The van der Waals surface area contributed by atoms with Gasteiger partial charge in [-0.1, -0.05) is 29.8 Å². The molecule has 0 radical (unpaired) electrons. The monoisotopic (exact) mass is 445 g/mol. The number of nitrogens with one attached hydrogen (secondary N) is 3. The van der Waals surface area contributed by atoms with Gasteiger partial charge in [0.15, 0.2) is 0 Å². The van der Waals surface area contributed by atoms with Crippen molar-refractivity contribution >= 4 is 40.6 Å². The summed E-state index contributed by atoms with van der Waals surface area (Å²) in [6, 6.07) is 22.9. The number of rotatable bonds is 5. The summed E-state index contributed by atoms with van der Waals surface area (Å²) in [5, 5.41) is 13.3. The van der Waals surface area contributed by atoms with E-state index in [0.29, 0.717) is 33.3 Å². The number of carbonyl (C=O) groups excluding carboxylic acids is 2. The van der Waals surface area contributed by atoms with Gasteiger partial charge in [0.05, 0.1) is 23.1 Å². The Kier molecular flexibility index (Phi) is 6.19. The van der Waals surface area contributed by atoms with Crippen LogP contribution in [0.25, 0.3) is 5.69 Å². The van der Waals surface area contributed by atoms with E-state index in [1.807, 2.05) is 37.3 Å². The van der Waals surface area contributed by atoms with Gasteiger partial charge in [0, 0.05) is 22.1 Å². The highest BCUT2D eigenvalue weighted by atomic mass is 35.5. The van der Waals surface area contributed by atoms with Crippen molar-refractivity contribution in [1.29, 1.82) is 0 Å². The van der Waals surface area contributed by atoms with Gasteiger partial charge in [0.2, 0.25) is 0 Å². The maximum absolute atomic E-state index is 12.7. The second-order valence-electron chi connectivity index (χ2n) is 7.01. The Morgan fingerprint density at radius 1 is 0.781 bits per heavy atom. The van der Waals surface area contributed by atoms with Crippen LogP contribution < -0.4 is 16.0 Å². The fourth-order valence-electron chi connectivity index (χ4n) is 3.13. The minimum atomic E-state index is -0.349. The maximum atomic E-state index is 12.7. The third-order valence-corrected chi connectivity index (χ3v) is 5.01. The van der Waals surface area contributed by atoms with Crippen molar-refractivity contribution in [3.63, 3.8) is 0 Å². The summed E-state index contributed by atoms with van der Waals surface area (Å²) in [5.74, 6) is -0.273. The zero-order chi connectivity index (χ0) is 22.5. The van der Waals surface area contributed by atoms with Gasteiger partial charge in [-0.2, -0.15) is 5.10 Å². The number of benzene rings is 3. The van der Waals surface area contributed by atoms with E-state index in [1.165, 1.54) is 6.20 Å². The van der Waals surface area contributed by atoms with Crippen LogP contribution in [0.3, 0.4) is 0 Å². The number of urea groups is 1. The number of anilines is 3. The van der Waals surface area contributed by atoms with Crippen molar-refractivity contribution < 1.29 is 9.59 Å². The lowest BCUT2D eigenvalue weighted by atomic mass is 10.2. The van der Waals surface area contributed by atoms with E-state index < -0.39 is 0 Å². The van der Waals surface area contributed by atoms with Crippen molar-refractivity contribution in [3.8, 4) is 5.69 Å². The molecular weight excluding hydrogens is 426 g/mol. The summed E-state index contributed by atoms with van der Waals surface area (Å²) < 4.78 is 1.68. The number of halogens is 1. The predicted molar refractivity (Wildman–Crippen MR) is 127 cm³/mol. The van der Waals surface area contributed by atoms with Crippen LogP contribution in [0.1, 0.15) is 16.1 Å². The van der Waals surface area contributed by atoms with Gasteiger partial charge in [-0.25, -0.2) is 9.48 Å². The Morgan fingerprint density at radius 2 is 1.34 bits per heavy atom. The smallest absolute Gasteiger partial charge is 0.322 e. The number of para-hydroxylation sites is 1. The molecule has 0 bridgehead atoms. The molecule has 0 fully saturated rings. The van der Waals surface area contributed by atoms with Gasteiger partial charge >= 0.3 is 6.03 Å². The number of hydrogen-bond acceptors (Lipinski definition) is 3. The van der Waals surface area contributed by atoms with Crippen LogP contribution in [0.4, 0.5) is 21.9 Å². The Labute approximate surface area is 190 Å². The molecule has 3 N–H and O–H groups in total. The summed E-state index contributed by atoms with van der Waals surface area (Å²) in [4.78, 5) is 24.8. The molecule has 32 heavy (non-hydrogen) atoms. The molecule has 0 aliphatic heterocycles. The molecule has 0 saturated carbocycles. The molecule has 0 aliphatic rings. The minimum absolute atomic E-state index is 0.273. The highest BCUT2D eigenvalue weighted by Crippen LogP contribution is 2.19. The van der Waals surface area contributed by atoms with Crippen LogP contribution >= 0.6 is 11.6 Å². The largest absolute Gasteiger partial charge is 0.323 e. The van der Waals surface area contributed by atoms with E-state index in [4.69, 9.17) is 11.6 Å². The summed E-state index contributed by atoms with van der Waals surface area (Å²) in [6.07, 6.45) is 1.53. The molecule has 1 heterocycles. The molecular formula is C24H20ClN5O2. The normalized spacial score (nSPS) is 10.4. The summed E-state index contributed by atoms with van der Waals surface area (Å²) in [5.41, 5.74) is 3.88. The lowest BCUT2D eigenvalue weighted by molar-refractivity contribution is 0.102. The van der Waals surface area contributed by atoms with Crippen molar-refractivity contribution in [2.24, 2.45) is 0 Å². The molecule has 4 aromatic rings. The van der Waals surface area contributed by atoms with Gasteiger partial charge in [0.25, 0.3) is 5.91 Å². The quantitative estimate of drug-likeness (QED) is 0.366. The first-order valence-corrected chi connectivity index (χ1v) is 10.2. The second-order valence-corrected chi connectivity index (χ2v) is 7.44. The molecule has 7 nitrogen and oxygen atoms in total. The predicted octanol–water partition coefficient (Wildman–Crippen LogP) is 5.73. The van der Waals surface area contributed by atoms with E-state index in [-0.39, 0.29) is 11.9 Å². The highest BCUT2D eigenvalue weighted by molar-refractivity contribution is 6.30. The van der Waals surface area contributed by atoms with Gasteiger partial charge in [-0.05, 0) is 67.6 Å². The Hall–Kier alpha value is -4.10. The molecule has 0 atom stereocenters. The van der Waals surface area contributed by atoms with E-state index >= 15 is 0 Å². The lowest BCUT2D eigenvalue weighted by Gasteiger charge is -2.09. The van der Waals surface area contributed by atoms with Crippen molar-refractivity contribution in [2.75, 3.05) is 16.0 Å². The Bertz CT molecular complexity index is 1240. The summed E-state index contributed by atoms with van der Waals surface area (Å²) >= 11 is 5.94. The zero-order valence-electron chi connectivity index (χ0n) is 17.2. The van der Waals surface area contributed by atoms with Crippen LogP contribution in [0, 0.1) is 6.92 Å². The van der Waals surface area contributed by atoms with E-state index in [2.05, 4.69) is 21.0 Å². The summed E-state index contributed by atoms with van der Waals surface area (Å²) in [6.45, 7) is 1.83. The minimum Gasteiger partial charge on any atom is -0.322 e. The number of hydrogen-bond donors (Lipinski definition) is 3. The number of amides is 3. The standard InChI is InChI=1S/C24H20ClN5O2/c1-16-22(15-26-30(16)21-13-7-17(25)8-14-21)23(31)27-19-9-11-20(12-10-19)29-24(32)28-18-5-3-2-4-6-18/h2-15H,1H3,(H,27,31)(H2,28,29,32). The van der Waals surface area contributed by atoms with Gasteiger partial charge < -0.3 is 16.0 Å². The Balaban J connectivity index is 1.39. The topological polar surface area (TPSA) is 88.1 Å². The summed E-state index contributed by atoms with van der Waals surface area (Å²) in [7, 11) is 0. The van der Waals surface area contributed by atoms with Crippen LogP contribution in [0.15, 0.2) is 85.1 Å². The molecule has 0 spiro atoms. The second kappa shape index (κ2) is 9.36. The molecule has 3 aromatic carbocycles. The highest BCUT2D eigenvalue weighted by Gasteiger charge is 2.15. The molecule has 160 valence electrons. The number of aromatic nitrogens is 2. The maximum Gasteiger partial charge on any atom is 0.323 e. The van der Waals surface area contributed by atoms with Crippen LogP contribution in [-0.2, 0) is 0 Å². The average molecular weight is 446 g/mol. The Morgan fingerprint density at radius 3 is 1.97 bits per heavy atom. The van der Waals surface area contributed by atoms with Crippen molar-refractivity contribution in [3.05, 3.63) is 101 Å². The van der Waals surface area contributed by atoms with E-state index in [1.54, 1.807) is 53.2 Å². The number of nitrogens with zero attached hydrogens (tertiary/aromatic N) is 2. The lowest BCUT2D eigenvalue weighted by Crippen LogP contribution is -2.19. The van der Waals surface area contributed by atoms with Crippen molar-refractivity contribution in [1.82, 2.24) is 9.78 Å². The first kappa shape index (κ1) is 21.1. The third kappa shape index (κ3) is 4.96. The van der Waals surface area contributed by atoms with Gasteiger partial charge in [0.1, 0.15) is 0 Å². The fourth-order valence-corrected chi connectivity index (χ4v) is 3.25. The van der Waals surface area contributed by atoms with Gasteiger partial charge in [-0.15, -0.1) is 0 Å². The molecule has 0 aliphatic carbocycles.